The van der Waals surface area contributed by atoms with Crippen LogP contribution in [-0.4, -0.2) is 33.2 Å². The third kappa shape index (κ3) is 3.53. The Morgan fingerprint density at radius 3 is 2.68 bits per heavy atom. The van der Waals surface area contributed by atoms with Crippen LogP contribution in [0.4, 0.5) is 0 Å². The second-order valence-corrected chi connectivity index (χ2v) is 5.54. The number of carbonyl (C=O) groups is 1. The Bertz CT molecular complexity index is 523. The molecule has 5 heteroatoms. The van der Waals surface area contributed by atoms with Gasteiger partial charge in [-0.25, -0.2) is 0 Å². The number of hydrogen-bond acceptors (Lipinski definition) is 4. The van der Waals surface area contributed by atoms with E-state index in [1.165, 1.54) is 12.2 Å². The number of carbonyl (C=O) groups excluding carboxylic acids is 1. The van der Waals surface area contributed by atoms with Gasteiger partial charge in [-0.3, -0.25) is 4.79 Å². The Balaban J connectivity index is 1.94. The Morgan fingerprint density at radius 2 is 2.05 bits per heavy atom. The van der Waals surface area contributed by atoms with Gasteiger partial charge in [-0.15, -0.1) is 0 Å². The van der Waals surface area contributed by atoms with Gasteiger partial charge in [0, 0.05) is 11.3 Å². The minimum atomic E-state index is -1.44. The van der Waals surface area contributed by atoms with E-state index in [0.29, 0.717) is 11.3 Å². The quantitative estimate of drug-likeness (QED) is 0.578. The highest BCUT2D eigenvalue weighted by Gasteiger charge is 2.30. The molecule has 1 aromatic carbocycles. The van der Waals surface area contributed by atoms with Crippen LogP contribution in [-0.2, 0) is 0 Å². The summed E-state index contributed by atoms with van der Waals surface area (Å²) < 4.78 is -1.44. The van der Waals surface area contributed by atoms with Gasteiger partial charge in [0.05, 0.1) is 6.54 Å². The van der Waals surface area contributed by atoms with Crippen molar-refractivity contribution in [2.45, 2.75) is 10.6 Å². The van der Waals surface area contributed by atoms with Gasteiger partial charge in [0.25, 0.3) is 0 Å². The Labute approximate surface area is 119 Å². The second kappa shape index (κ2) is 5.69. The fourth-order valence-corrected chi connectivity index (χ4v) is 1.94. The fourth-order valence-electron chi connectivity index (χ4n) is 1.67. The number of benzene rings is 1. The summed E-state index contributed by atoms with van der Waals surface area (Å²) in [5.74, 6) is -0.0379. The van der Waals surface area contributed by atoms with E-state index >= 15 is 0 Å². The average Bonchev–Trinajstić information content (AvgIpc) is 2.41. The van der Waals surface area contributed by atoms with Gasteiger partial charge in [-0.05, 0) is 34.2 Å². The van der Waals surface area contributed by atoms with E-state index in [0.717, 1.165) is 0 Å². The lowest BCUT2D eigenvalue weighted by molar-refractivity contribution is 0.0581. The summed E-state index contributed by atoms with van der Waals surface area (Å²) in [6.45, 7) is 0.133. The third-order valence-electron chi connectivity index (χ3n) is 2.80. The van der Waals surface area contributed by atoms with E-state index in [-0.39, 0.29) is 12.3 Å². The van der Waals surface area contributed by atoms with Crippen LogP contribution < -0.4 is 5.32 Å². The Morgan fingerprint density at radius 1 is 1.37 bits per heavy atom. The molecule has 0 saturated heterocycles. The number of nitrogens with one attached hydrogen (secondary N) is 1. The molecule has 1 aliphatic rings. The maximum absolute atomic E-state index is 11.9. The first-order valence-corrected chi connectivity index (χ1v) is 6.61. The molecule has 2 rings (SSSR count). The zero-order valence-electron chi connectivity index (χ0n) is 10.1. The Kier molecular flexibility index (Phi) is 4.19. The van der Waals surface area contributed by atoms with Crippen LogP contribution in [0.25, 0.3) is 0 Å². The molecule has 3 N–H and O–H groups in total. The molecule has 0 bridgehead atoms. The van der Waals surface area contributed by atoms with Crippen LogP contribution in [0, 0.1) is 0 Å². The van der Waals surface area contributed by atoms with Crippen LogP contribution >= 0.6 is 15.9 Å². The maximum atomic E-state index is 11.9. The molecule has 0 radical (unpaired) electrons. The molecule has 19 heavy (non-hydrogen) atoms. The number of aliphatic hydroxyl groups excluding tert-OH is 1. The minimum absolute atomic E-state index is 0.0379. The van der Waals surface area contributed by atoms with Crippen molar-refractivity contribution >= 4 is 21.7 Å². The minimum Gasteiger partial charge on any atom is -0.385 e. The number of rotatable bonds is 4. The number of alkyl halides is 1. The molecule has 0 heterocycles. The molecule has 4 nitrogen and oxygen atoms in total. The first kappa shape index (κ1) is 14.0. The van der Waals surface area contributed by atoms with Gasteiger partial charge in [-0.1, -0.05) is 30.3 Å². The molecule has 1 aromatic rings. The summed E-state index contributed by atoms with van der Waals surface area (Å²) in [6, 6.07) is 8.97. The first-order chi connectivity index (χ1) is 8.99. The van der Waals surface area contributed by atoms with E-state index < -0.39 is 10.6 Å². The van der Waals surface area contributed by atoms with E-state index in [2.05, 4.69) is 21.2 Å². The van der Waals surface area contributed by atoms with E-state index in [1.807, 2.05) is 18.2 Å². The Hall–Kier alpha value is -1.43. The van der Waals surface area contributed by atoms with Crippen molar-refractivity contribution in [3.63, 3.8) is 0 Å². The van der Waals surface area contributed by atoms with Gasteiger partial charge in [-0.2, -0.15) is 0 Å². The van der Waals surface area contributed by atoms with Gasteiger partial charge < -0.3 is 15.5 Å². The number of aliphatic hydroxyl groups is 2. The van der Waals surface area contributed by atoms with Crippen LogP contribution in [0.1, 0.15) is 10.4 Å². The van der Waals surface area contributed by atoms with Gasteiger partial charge >= 0.3 is 0 Å². The zero-order valence-corrected chi connectivity index (χ0v) is 11.7. The smallest absolute Gasteiger partial charge is 0.181 e. The van der Waals surface area contributed by atoms with Crippen molar-refractivity contribution in [2.24, 2.45) is 0 Å². The first-order valence-electron chi connectivity index (χ1n) is 5.81. The van der Waals surface area contributed by atoms with Crippen molar-refractivity contribution in [2.75, 3.05) is 6.54 Å². The highest BCUT2D eigenvalue weighted by molar-refractivity contribution is 9.10. The van der Waals surface area contributed by atoms with E-state index in [9.17, 15) is 15.0 Å². The van der Waals surface area contributed by atoms with Crippen LogP contribution in [0.3, 0.4) is 0 Å². The SMILES string of the molecule is O=C(CNC1=CC(O)C(O)(Br)C=C1)c1ccccc1. The molecule has 0 saturated carbocycles. The summed E-state index contributed by atoms with van der Waals surface area (Å²) >= 11 is 2.98. The summed E-state index contributed by atoms with van der Waals surface area (Å²) in [6.07, 6.45) is 3.42. The second-order valence-electron chi connectivity index (χ2n) is 4.27. The third-order valence-corrected chi connectivity index (χ3v) is 3.53. The molecule has 2 unspecified atom stereocenters. The molecule has 0 fully saturated rings. The summed E-state index contributed by atoms with van der Waals surface area (Å²) in [5, 5.41) is 22.2. The summed E-state index contributed by atoms with van der Waals surface area (Å²) in [5.41, 5.74) is 1.23. The molecule has 0 spiro atoms. The zero-order chi connectivity index (χ0) is 13.9. The molecule has 0 amide bonds. The normalized spacial score (nSPS) is 25.8. The predicted octanol–water partition coefficient (Wildman–Crippen LogP) is 1.36. The average molecular weight is 324 g/mol. The van der Waals surface area contributed by atoms with Crippen molar-refractivity contribution in [1.29, 1.82) is 0 Å². The van der Waals surface area contributed by atoms with Crippen molar-refractivity contribution in [3.05, 3.63) is 59.8 Å². The lowest BCUT2D eigenvalue weighted by Crippen LogP contribution is -2.36. The predicted molar refractivity (Wildman–Crippen MR) is 75.9 cm³/mol. The lowest BCUT2D eigenvalue weighted by atomic mass is 10.1. The van der Waals surface area contributed by atoms with Crippen molar-refractivity contribution < 1.29 is 15.0 Å². The standard InChI is InChI=1S/C14H14BrNO3/c15-14(19)7-6-11(8-13(14)18)16-9-12(17)10-4-2-1-3-5-10/h1-8,13,16,18-19H,9H2. The highest BCUT2D eigenvalue weighted by Crippen LogP contribution is 2.26. The summed E-state index contributed by atoms with van der Waals surface area (Å²) in [4.78, 5) is 11.9. The number of allylic oxidation sites excluding steroid dienone is 1. The maximum Gasteiger partial charge on any atom is 0.181 e. The van der Waals surface area contributed by atoms with Gasteiger partial charge in [0.15, 0.2) is 10.3 Å². The van der Waals surface area contributed by atoms with Crippen LogP contribution in [0.2, 0.25) is 0 Å². The monoisotopic (exact) mass is 323 g/mol. The van der Waals surface area contributed by atoms with E-state index in [4.69, 9.17) is 0 Å². The van der Waals surface area contributed by atoms with Crippen molar-refractivity contribution in [1.82, 2.24) is 5.32 Å². The molecule has 2 atom stereocenters. The molecular weight excluding hydrogens is 310 g/mol. The number of ketones is 1. The molecule has 0 aromatic heterocycles. The van der Waals surface area contributed by atoms with Crippen LogP contribution in [0.5, 0.6) is 0 Å². The molecule has 1 aliphatic carbocycles. The van der Waals surface area contributed by atoms with Crippen LogP contribution in [0.15, 0.2) is 54.3 Å². The number of hydrogen-bond donors (Lipinski definition) is 3. The van der Waals surface area contributed by atoms with E-state index in [1.54, 1.807) is 18.2 Å². The van der Waals surface area contributed by atoms with Gasteiger partial charge in [0.1, 0.15) is 6.10 Å². The van der Waals surface area contributed by atoms with Crippen molar-refractivity contribution in [3.8, 4) is 0 Å². The molecular formula is C14H14BrNO3. The fraction of sp³-hybridized carbons (Fsp3) is 0.214. The highest BCUT2D eigenvalue weighted by atomic mass is 79.9. The summed E-state index contributed by atoms with van der Waals surface area (Å²) in [7, 11) is 0. The largest absolute Gasteiger partial charge is 0.385 e. The molecule has 0 aliphatic heterocycles. The van der Waals surface area contributed by atoms with Gasteiger partial charge in [0.2, 0.25) is 0 Å². The number of halogens is 1. The topological polar surface area (TPSA) is 69.6 Å². The number of Topliss-reactive ketones (excluding diaryl/α,β-unsaturated/α-hetero) is 1. The molecule has 100 valence electrons. The lowest BCUT2D eigenvalue weighted by Gasteiger charge is -2.25.